The summed E-state index contributed by atoms with van der Waals surface area (Å²) in [7, 11) is 0. The topological polar surface area (TPSA) is 73.5 Å². The monoisotopic (exact) mass is 244 g/mol. The first-order chi connectivity index (χ1) is 8.15. The predicted octanol–water partition coefficient (Wildman–Crippen LogP) is -0.550. The lowest BCUT2D eigenvalue weighted by molar-refractivity contribution is 0.0500. The van der Waals surface area contributed by atoms with Gasteiger partial charge in [-0.05, 0) is 12.8 Å². The lowest BCUT2D eigenvalue weighted by Crippen LogP contribution is -2.43. The van der Waals surface area contributed by atoms with Crippen LogP contribution in [-0.4, -0.2) is 27.5 Å². The van der Waals surface area contributed by atoms with Crippen molar-refractivity contribution in [1.82, 2.24) is 9.13 Å². The molecule has 2 rings (SSSR count). The molecule has 6 nitrogen and oxygen atoms in total. The molecule has 1 aromatic heterocycles. The van der Waals surface area contributed by atoms with E-state index in [4.69, 9.17) is 9.84 Å². The highest BCUT2D eigenvalue weighted by molar-refractivity contribution is 4.92. The number of aromatic nitrogens is 2. The van der Waals surface area contributed by atoms with Gasteiger partial charge in [0.15, 0.2) is 0 Å². The zero-order valence-electron chi connectivity index (χ0n) is 9.13. The van der Waals surface area contributed by atoms with Crippen LogP contribution in [0.4, 0.5) is 4.39 Å². The van der Waals surface area contributed by atoms with Crippen molar-refractivity contribution in [3.8, 4) is 0 Å². The number of hydrogen-bond acceptors (Lipinski definition) is 4. The molecule has 1 aliphatic rings. The molecule has 2 heterocycles. The van der Waals surface area contributed by atoms with Crippen LogP contribution in [0.2, 0.25) is 0 Å². The summed E-state index contributed by atoms with van der Waals surface area (Å²) in [5.41, 5.74) is -1.67. The molecular weight excluding hydrogens is 231 g/mol. The van der Waals surface area contributed by atoms with Crippen LogP contribution in [0.1, 0.15) is 19.1 Å². The standard InChI is InChI=1S/C10H13FN2O4/c11-7-6-13(8-2-1-5-17-8)10(16)12(3-4-14)9(7)15/h6,8,14H,1-5H2/t8-/m1/s1. The minimum Gasteiger partial charge on any atom is -0.395 e. The van der Waals surface area contributed by atoms with E-state index >= 15 is 0 Å². The van der Waals surface area contributed by atoms with Gasteiger partial charge in [0.25, 0.3) is 5.56 Å². The summed E-state index contributed by atoms with van der Waals surface area (Å²) < 4.78 is 20.4. The van der Waals surface area contributed by atoms with Gasteiger partial charge in [-0.3, -0.25) is 13.9 Å². The van der Waals surface area contributed by atoms with Crippen molar-refractivity contribution < 1.29 is 14.2 Å². The maximum Gasteiger partial charge on any atom is 0.333 e. The Hall–Kier alpha value is -1.47. The van der Waals surface area contributed by atoms with Crippen LogP contribution in [0.3, 0.4) is 0 Å². The van der Waals surface area contributed by atoms with Gasteiger partial charge in [-0.25, -0.2) is 4.79 Å². The van der Waals surface area contributed by atoms with E-state index in [-0.39, 0.29) is 6.54 Å². The molecule has 0 saturated carbocycles. The molecule has 0 radical (unpaired) electrons. The normalized spacial score (nSPS) is 19.8. The predicted molar refractivity (Wildman–Crippen MR) is 56.2 cm³/mol. The van der Waals surface area contributed by atoms with Gasteiger partial charge in [-0.2, -0.15) is 4.39 Å². The van der Waals surface area contributed by atoms with E-state index in [0.717, 1.165) is 17.2 Å². The molecule has 0 aliphatic carbocycles. The average molecular weight is 244 g/mol. The lowest BCUT2D eigenvalue weighted by Gasteiger charge is -2.14. The van der Waals surface area contributed by atoms with Crippen molar-refractivity contribution in [3.05, 3.63) is 32.9 Å². The second-order valence-electron chi connectivity index (χ2n) is 3.81. The molecule has 1 atom stereocenters. The third kappa shape index (κ3) is 2.16. The van der Waals surface area contributed by atoms with Gasteiger partial charge in [-0.15, -0.1) is 0 Å². The quantitative estimate of drug-likeness (QED) is 0.774. The fourth-order valence-electron chi connectivity index (χ4n) is 1.87. The first-order valence-electron chi connectivity index (χ1n) is 5.39. The minimum atomic E-state index is -1.02. The number of aliphatic hydroxyl groups is 1. The Bertz CT molecular complexity index is 516. The summed E-state index contributed by atoms with van der Waals surface area (Å²) >= 11 is 0. The molecule has 1 aliphatic heterocycles. The number of ether oxygens (including phenoxy) is 1. The molecular formula is C10H13FN2O4. The van der Waals surface area contributed by atoms with Gasteiger partial charge in [0, 0.05) is 6.61 Å². The zero-order chi connectivity index (χ0) is 12.4. The highest BCUT2D eigenvalue weighted by Gasteiger charge is 2.21. The fraction of sp³-hybridized carbons (Fsp3) is 0.600. The molecule has 1 N–H and O–H groups in total. The molecule has 17 heavy (non-hydrogen) atoms. The van der Waals surface area contributed by atoms with Crippen molar-refractivity contribution in [1.29, 1.82) is 0 Å². The van der Waals surface area contributed by atoms with E-state index in [2.05, 4.69) is 0 Å². The number of nitrogens with zero attached hydrogens (tertiary/aromatic N) is 2. The van der Waals surface area contributed by atoms with Crippen molar-refractivity contribution >= 4 is 0 Å². The van der Waals surface area contributed by atoms with E-state index in [1.54, 1.807) is 0 Å². The molecule has 0 unspecified atom stereocenters. The second kappa shape index (κ2) is 4.80. The molecule has 0 amide bonds. The Kier molecular flexibility index (Phi) is 3.39. The fourth-order valence-corrected chi connectivity index (χ4v) is 1.87. The van der Waals surface area contributed by atoms with Crippen LogP contribution in [0.25, 0.3) is 0 Å². The maximum atomic E-state index is 13.4. The van der Waals surface area contributed by atoms with Gasteiger partial charge >= 0.3 is 5.69 Å². The van der Waals surface area contributed by atoms with Crippen LogP contribution in [0, 0.1) is 5.82 Å². The number of rotatable bonds is 3. The van der Waals surface area contributed by atoms with Crippen LogP contribution in [-0.2, 0) is 11.3 Å². The SMILES string of the molecule is O=c1c(F)cn([C@H]2CCCO2)c(=O)n1CCO. The first kappa shape index (κ1) is 12.0. The molecule has 0 aromatic carbocycles. The number of hydrogen-bond donors (Lipinski definition) is 1. The lowest BCUT2D eigenvalue weighted by atomic mass is 10.3. The number of aliphatic hydroxyl groups excluding tert-OH is 1. The van der Waals surface area contributed by atoms with Gasteiger partial charge < -0.3 is 9.84 Å². The maximum absolute atomic E-state index is 13.4. The molecule has 1 fully saturated rings. The summed E-state index contributed by atoms with van der Waals surface area (Å²) in [6, 6.07) is 0. The minimum absolute atomic E-state index is 0.220. The summed E-state index contributed by atoms with van der Waals surface area (Å²) in [6.07, 6.45) is 1.74. The largest absolute Gasteiger partial charge is 0.395 e. The molecule has 0 spiro atoms. The van der Waals surface area contributed by atoms with Crippen LogP contribution < -0.4 is 11.2 Å². The Morgan fingerprint density at radius 3 is 2.88 bits per heavy atom. The van der Waals surface area contributed by atoms with Crippen LogP contribution in [0.15, 0.2) is 15.8 Å². The van der Waals surface area contributed by atoms with Gasteiger partial charge in [-0.1, -0.05) is 0 Å². The average Bonchev–Trinajstić information content (AvgIpc) is 2.83. The summed E-state index contributed by atoms with van der Waals surface area (Å²) in [4.78, 5) is 23.3. The van der Waals surface area contributed by atoms with Crippen molar-refractivity contribution in [3.63, 3.8) is 0 Å². The Morgan fingerprint density at radius 2 is 2.29 bits per heavy atom. The van der Waals surface area contributed by atoms with Crippen molar-refractivity contribution in [2.75, 3.05) is 13.2 Å². The third-order valence-electron chi connectivity index (χ3n) is 2.69. The molecule has 1 saturated heterocycles. The van der Waals surface area contributed by atoms with Crippen LogP contribution >= 0.6 is 0 Å². The van der Waals surface area contributed by atoms with E-state index in [1.165, 1.54) is 0 Å². The highest BCUT2D eigenvalue weighted by Crippen LogP contribution is 2.20. The van der Waals surface area contributed by atoms with Gasteiger partial charge in [0.05, 0.1) is 19.3 Å². The summed E-state index contributed by atoms with van der Waals surface area (Å²) in [6.45, 7) is -0.107. The van der Waals surface area contributed by atoms with Crippen molar-refractivity contribution in [2.45, 2.75) is 25.6 Å². The summed E-state index contributed by atoms with van der Waals surface area (Å²) in [5, 5.41) is 8.75. The van der Waals surface area contributed by atoms with Crippen LogP contribution in [0.5, 0.6) is 0 Å². The zero-order valence-corrected chi connectivity index (χ0v) is 9.13. The van der Waals surface area contributed by atoms with Gasteiger partial charge in [0.2, 0.25) is 5.82 Å². The van der Waals surface area contributed by atoms with Gasteiger partial charge in [0.1, 0.15) is 6.23 Å². The van der Waals surface area contributed by atoms with E-state index in [0.29, 0.717) is 17.6 Å². The van der Waals surface area contributed by atoms with Crippen molar-refractivity contribution in [2.24, 2.45) is 0 Å². The third-order valence-corrected chi connectivity index (χ3v) is 2.69. The first-order valence-corrected chi connectivity index (χ1v) is 5.39. The van der Waals surface area contributed by atoms with E-state index in [9.17, 15) is 14.0 Å². The Labute approximate surface area is 95.9 Å². The molecule has 94 valence electrons. The number of halogens is 1. The Balaban J connectivity index is 2.53. The molecule has 1 aromatic rings. The smallest absolute Gasteiger partial charge is 0.333 e. The van der Waals surface area contributed by atoms with E-state index < -0.39 is 29.9 Å². The molecule has 7 heteroatoms. The molecule has 0 bridgehead atoms. The Morgan fingerprint density at radius 1 is 1.53 bits per heavy atom. The highest BCUT2D eigenvalue weighted by atomic mass is 19.1. The van der Waals surface area contributed by atoms with E-state index in [1.807, 2.05) is 0 Å². The second-order valence-corrected chi connectivity index (χ2v) is 3.81. The summed E-state index contributed by atoms with van der Waals surface area (Å²) in [5.74, 6) is -1.02.